The lowest BCUT2D eigenvalue weighted by molar-refractivity contribution is 0.436. The summed E-state index contributed by atoms with van der Waals surface area (Å²) in [7, 11) is -3.28. The minimum Gasteiger partial charge on any atom is -0.309 e. The third-order valence-corrected chi connectivity index (χ3v) is 8.05. The van der Waals surface area contributed by atoms with Crippen molar-refractivity contribution in [3.8, 4) is 0 Å². The number of nitrogens with one attached hydrogen (secondary N) is 1. The summed E-state index contributed by atoms with van der Waals surface area (Å²) in [5.74, 6) is 1.97. The van der Waals surface area contributed by atoms with E-state index >= 15 is 0 Å². The highest BCUT2D eigenvalue weighted by Gasteiger charge is 2.27. The van der Waals surface area contributed by atoms with Crippen molar-refractivity contribution < 1.29 is 8.42 Å². The summed E-state index contributed by atoms with van der Waals surface area (Å²) in [5.41, 5.74) is 0. The molecule has 2 heterocycles. The molecule has 0 aromatic carbocycles. The highest BCUT2D eigenvalue weighted by Crippen LogP contribution is 2.27. The van der Waals surface area contributed by atoms with Crippen LogP contribution in [0.4, 0.5) is 0 Å². The molecule has 1 aliphatic heterocycles. The molecule has 1 N–H and O–H groups in total. The van der Waals surface area contributed by atoms with Crippen LogP contribution < -0.4 is 5.32 Å². The Labute approximate surface area is 129 Å². The van der Waals surface area contributed by atoms with Crippen molar-refractivity contribution in [2.75, 3.05) is 24.6 Å². The van der Waals surface area contributed by atoms with Crippen LogP contribution in [0.2, 0.25) is 0 Å². The Morgan fingerprint density at radius 1 is 1.25 bits per heavy atom. The number of thioether (sulfide) groups is 1. The van der Waals surface area contributed by atoms with Gasteiger partial charge in [-0.2, -0.15) is 16.1 Å². The van der Waals surface area contributed by atoms with Gasteiger partial charge in [-0.3, -0.25) is 0 Å². The fraction of sp³-hybridized carbons (Fsp3) is 0.692. The molecule has 20 heavy (non-hydrogen) atoms. The van der Waals surface area contributed by atoms with Gasteiger partial charge in [0.1, 0.15) is 4.21 Å². The summed E-state index contributed by atoms with van der Waals surface area (Å²) in [6.45, 7) is 2.09. The van der Waals surface area contributed by atoms with E-state index in [4.69, 9.17) is 0 Å². The standard InChI is InChI=1S/C13H20N2O2S3/c16-20(17,15-6-1-8-18-9-7-15)13-5-4-12(19-13)10-14-11-2-3-11/h4-5,11,14H,1-3,6-10H2. The van der Waals surface area contributed by atoms with Crippen molar-refractivity contribution in [2.24, 2.45) is 0 Å². The molecule has 0 bridgehead atoms. The average molecular weight is 333 g/mol. The zero-order chi connectivity index (χ0) is 14.0. The average Bonchev–Trinajstić information content (AvgIpc) is 3.19. The van der Waals surface area contributed by atoms with Gasteiger partial charge in [0.05, 0.1) is 0 Å². The maximum absolute atomic E-state index is 12.6. The van der Waals surface area contributed by atoms with Crippen LogP contribution in [0.15, 0.2) is 16.3 Å². The molecule has 2 fully saturated rings. The van der Waals surface area contributed by atoms with Crippen molar-refractivity contribution in [2.45, 2.75) is 36.1 Å². The van der Waals surface area contributed by atoms with Crippen LogP contribution in [0.5, 0.6) is 0 Å². The molecule has 3 rings (SSSR count). The lowest BCUT2D eigenvalue weighted by atomic mass is 10.4. The molecule has 1 saturated heterocycles. The smallest absolute Gasteiger partial charge is 0.252 e. The van der Waals surface area contributed by atoms with Crippen LogP contribution in [-0.4, -0.2) is 43.4 Å². The van der Waals surface area contributed by atoms with E-state index in [0.29, 0.717) is 23.3 Å². The summed E-state index contributed by atoms with van der Waals surface area (Å²) in [5, 5.41) is 3.43. The summed E-state index contributed by atoms with van der Waals surface area (Å²) in [6, 6.07) is 4.36. The topological polar surface area (TPSA) is 49.4 Å². The SMILES string of the molecule is O=S(=O)(c1ccc(CNC2CC2)s1)N1CCCSCC1. The summed E-state index contributed by atoms with van der Waals surface area (Å²) >= 11 is 3.25. The zero-order valence-corrected chi connectivity index (χ0v) is 13.8. The Morgan fingerprint density at radius 2 is 2.10 bits per heavy atom. The molecule has 1 aliphatic carbocycles. The highest BCUT2D eigenvalue weighted by atomic mass is 32.2. The van der Waals surface area contributed by atoms with E-state index in [1.165, 1.54) is 24.2 Å². The van der Waals surface area contributed by atoms with E-state index in [9.17, 15) is 8.42 Å². The minimum atomic E-state index is -3.28. The Bertz CT molecular complexity index is 544. The van der Waals surface area contributed by atoms with Crippen molar-refractivity contribution in [3.63, 3.8) is 0 Å². The molecule has 0 spiro atoms. The monoisotopic (exact) mass is 332 g/mol. The maximum Gasteiger partial charge on any atom is 0.252 e. The van der Waals surface area contributed by atoms with Crippen LogP contribution in [0.3, 0.4) is 0 Å². The molecule has 1 saturated carbocycles. The summed E-state index contributed by atoms with van der Waals surface area (Å²) < 4.78 is 27.4. The van der Waals surface area contributed by atoms with Crippen LogP contribution in [0.25, 0.3) is 0 Å². The number of sulfonamides is 1. The van der Waals surface area contributed by atoms with Crippen molar-refractivity contribution >= 4 is 33.1 Å². The van der Waals surface area contributed by atoms with Crippen LogP contribution in [-0.2, 0) is 16.6 Å². The van der Waals surface area contributed by atoms with Gasteiger partial charge in [0.25, 0.3) is 10.0 Å². The van der Waals surface area contributed by atoms with E-state index < -0.39 is 10.0 Å². The van der Waals surface area contributed by atoms with Gasteiger partial charge in [-0.25, -0.2) is 8.42 Å². The lowest BCUT2D eigenvalue weighted by Crippen LogP contribution is -2.32. The number of hydrogen-bond donors (Lipinski definition) is 1. The predicted octanol–water partition coefficient (Wildman–Crippen LogP) is 2.13. The number of thiophene rings is 1. The van der Waals surface area contributed by atoms with Gasteiger partial charge in [-0.05, 0) is 37.1 Å². The molecule has 7 heteroatoms. The van der Waals surface area contributed by atoms with Crippen molar-refractivity contribution in [1.82, 2.24) is 9.62 Å². The quantitative estimate of drug-likeness (QED) is 0.897. The Kier molecular flexibility index (Phi) is 4.72. The first kappa shape index (κ1) is 14.8. The van der Waals surface area contributed by atoms with Crippen LogP contribution in [0.1, 0.15) is 24.1 Å². The normalized spacial score (nSPS) is 21.8. The second kappa shape index (κ2) is 6.36. The summed E-state index contributed by atoms with van der Waals surface area (Å²) in [6.07, 6.45) is 3.45. The molecule has 0 unspecified atom stereocenters. The largest absolute Gasteiger partial charge is 0.309 e. The molecular formula is C13H20N2O2S3. The van der Waals surface area contributed by atoms with Gasteiger partial charge >= 0.3 is 0 Å². The van der Waals surface area contributed by atoms with E-state index in [0.717, 1.165) is 29.3 Å². The van der Waals surface area contributed by atoms with E-state index in [1.807, 2.05) is 17.8 Å². The van der Waals surface area contributed by atoms with Crippen LogP contribution >= 0.6 is 23.1 Å². The lowest BCUT2D eigenvalue weighted by Gasteiger charge is -2.18. The molecule has 0 amide bonds. The molecule has 112 valence electrons. The predicted molar refractivity (Wildman–Crippen MR) is 84.9 cm³/mol. The van der Waals surface area contributed by atoms with Crippen LogP contribution in [0, 0.1) is 0 Å². The first-order chi connectivity index (χ1) is 9.66. The second-order valence-corrected chi connectivity index (χ2v) is 9.80. The van der Waals surface area contributed by atoms with Gasteiger partial charge in [-0.1, -0.05) is 0 Å². The number of hydrogen-bond acceptors (Lipinski definition) is 5. The Morgan fingerprint density at radius 3 is 2.90 bits per heavy atom. The van der Waals surface area contributed by atoms with E-state index in [-0.39, 0.29) is 0 Å². The third-order valence-electron chi connectivity index (χ3n) is 3.55. The zero-order valence-electron chi connectivity index (χ0n) is 11.4. The van der Waals surface area contributed by atoms with E-state index in [1.54, 1.807) is 10.4 Å². The molecule has 4 nitrogen and oxygen atoms in total. The first-order valence-corrected chi connectivity index (χ1v) is 10.5. The second-order valence-electron chi connectivity index (χ2n) is 5.25. The first-order valence-electron chi connectivity index (χ1n) is 7.06. The molecule has 0 atom stereocenters. The van der Waals surface area contributed by atoms with Crippen molar-refractivity contribution in [3.05, 3.63) is 17.0 Å². The molecule has 1 aromatic rings. The van der Waals surface area contributed by atoms with Gasteiger partial charge in [0.2, 0.25) is 0 Å². The van der Waals surface area contributed by atoms with Gasteiger partial charge in [0, 0.05) is 36.3 Å². The molecule has 1 aromatic heterocycles. The fourth-order valence-electron chi connectivity index (χ4n) is 2.22. The minimum absolute atomic E-state index is 0.497. The van der Waals surface area contributed by atoms with Gasteiger partial charge in [-0.15, -0.1) is 11.3 Å². The van der Waals surface area contributed by atoms with Crippen molar-refractivity contribution in [1.29, 1.82) is 0 Å². The highest BCUT2D eigenvalue weighted by molar-refractivity contribution is 7.99. The summed E-state index contributed by atoms with van der Waals surface area (Å²) in [4.78, 5) is 1.11. The molecular weight excluding hydrogens is 312 g/mol. The number of rotatable bonds is 5. The Balaban J connectivity index is 1.69. The molecule has 0 radical (unpaired) electrons. The van der Waals surface area contributed by atoms with Gasteiger partial charge in [0.15, 0.2) is 0 Å². The maximum atomic E-state index is 12.6. The number of nitrogens with zero attached hydrogens (tertiary/aromatic N) is 1. The Hall–Kier alpha value is -0.0800. The fourth-order valence-corrected chi connectivity index (χ4v) is 6.16. The van der Waals surface area contributed by atoms with E-state index in [2.05, 4.69) is 5.32 Å². The third kappa shape index (κ3) is 3.57. The van der Waals surface area contributed by atoms with Gasteiger partial charge < -0.3 is 5.32 Å². The molecule has 2 aliphatic rings.